The first-order valence-electron chi connectivity index (χ1n) is 7.57. The maximum absolute atomic E-state index is 2.35. The number of hydrogen-bond acceptors (Lipinski definition) is 0. The van der Waals surface area contributed by atoms with E-state index in [2.05, 4.69) is 77.9 Å². The molecule has 2 aromatic rings. The highest BCUT2D eigenvalue weighted by molar-refractivity contribution is 5.43. The monoisotopic (exact) mass is 266 g/mol. The van der Waals surface area contributed by atoms with Gasteiger partial charge in [0, 0.05) is 5.92 Å². The van der Waals surface area contributed by atoms with Gasteiger partial charge in [-0.15, -0.1) is 0 Å². The fraction of sp³-hybridized carbons (Fsp3) is 0.400. The van der Waals surface area contributed by atoms with Crippen LogP contribution in [0.15, 0.2) is 36.4 Å². The lowest BCUT2D eigenvalue weighted by Gasteiger charge is -2.19. The van der Waals surface area contributed by atoms with Crippen molar-refractivity contribution in [3.05, 3.63) is 69.8 Å². The van der Waals surface area contributed by atoms with Gasteiger partial charge in [0.2, 0.25) is 0 Å². The predicted molar refractivity (Wildman–Crippen MR) is 88.7 cm³/mol. The first-order valence-corrected chi connectivity index (χ1v) is 7.57. The molecule has 0 spiro atoms. The van der Waals surface area contributed by atoms with Gasteiger partial charge in [-0.3, -0.25) is 0 Å². The lowest BCUT2D eigenvalue weighted by molar-refractivity contribution is 0.851. The molecule has 106 valence electrons. The van der Waals surface area contributed by atoms with E-state index < -0.39 is 0 Å². The fourth-order valence-corrected chi connectivity index (χ4v) is 2.94. The van der Waals surface area contributed by atoms with Crippen LogP contribution in [0.4, 0.5) is 0 Å². The maximum atomic E-state index is 2.35. The van der Waals surface area contributed by atoms with E-state index >= 15 is 0 Å². The molecule has 0 fully saturated rings. The Morgan fingerprint density at radius 2 is 1.40 bits per heavy atom. The highest BCUT2D eigenvalue weighted by atomic mass is 14.2. The summed E-state index contributed by atoms with van der Waals surface area (Å²) in [5.41, 5.74) is 8.46. The molecule has 0 aliphatic carbocycles. The Balaban J connectivity index is 2.43. The van der Waals surface area contributed by atoms with Gasteiger partial charge in [-0.05, 0) is 54.5 Å². The summed E-state index contributed by atoms with van der Waals surface area (Å²) < 4.78 is 0. The summed E-state index contributed by atoms with van der Waals surface area (Å²) in [5, 5.41) is 0. The lowest BCUT2D eigenvalue weighted by atomic mass is 9.85. The highest BCUT2D eigenvalue weighted by Gasteiger charge is 2.14. The molecule has 1 unspecified atom stereocenters. The topological polar surface area (TPSA) is 0 Å². The standard InChI is InChI=1S/C20H26/c1-13(2)18-9-10-19(16(5)12-18)17(6)20-11-14(3)7-8-15(20)4/h7-13,17H,1-6H3. The van der Waals surface area contributed by atoms with Crippen molar-refractivity contribution < 1.29 is 0 Å². The molecule has 0 saturated heterocycles. The SMILES string of the molecule is Cc1ccc(C)c(C(C)c2ccc(C(C)C)cc2C)c1. The summed E-state index contributed by atoms with van der Waals surface area (Å²) in [6.07, 6.45) is 0. The molecule has 20 heavy (non-hydrogen) atoms. The van der Waals surface area contributed by atoms with Crippen molar-refractivity contribution in [3.8, 4) is 0 Å². The molecule has 2 rings (SSSR count). The van der Waals surface area contributed by atoms with Gasteiger partial charge in [0.05, 0.1) is 0 Å². The molecular weight excluding hydrogens is 240 g/mol. The van der Waals surface area contributed by atoms with Crippen LogP contribution in [0.2, 0.25) is 0 Å². The van der Waals surface area contributed by atoms with Crippen molar-refractivity contribution in [2.24, 2.45) is 0 Å². The number of aryl methyl sites for hydroxylation is 3. The zero-order chi connectivity index (χ0) is 14.9. The Morgan fingerprint density at radius 1 is 0.700 bits per heavy atom. The molecule has 0 heteroatoms. The molecule has 0 nitrogen and oxygen atoms in total. The lowest BCUT2D eigenvalue weighted by Crippen LogP contribution is -2.02. The first-order chi connectivity index (χ1) is 9.40. The quantitative estimate of drug-likeness (QED) is 0.650. The van der Waals surface area contributed by atoms with Crippen molar-refractivity contribution >= 4 is 0 Å². The predicted octanol–water partition coefficient (Wildman–Crippen LogP) is 5.89. The Bertz CT molecular complexity index is 605. The summed E-state index contributed by atoms with van der Waals surface area (Å²) >= 11 is 0. The molecule has 0 bridgehead atoms. The first kappa shape index (κ1) is 14.8. The van der Waals surface area contributed by atoms with Crippen LogP contribution in [0, 0.1) is 20.8 Å². The summed E-state index contributed by atoms with van der Waals surface area (Å²) in [6.45, 7) is 13.4. The van der Waals surface area contributed by atoms with E-state index in [1.807, 2.05) is 0 Å². The minimum atomic E-state index is 0.455. The zero-order valence-electron chi connectivity index (χ0n) is 13.6. The van der Waals surface area contributed by atoms with Crippen LogP contribution >= 0.6 is 0 Å². The molecule has 0 aliphatic rings. The van der Waals surface area contributed by atoms with Crippen LogP contribution in [0.3, 0.4) is 0 Å². The van der Waals surface area contributed by atoms with Gasteiger partial charge in [0.1, 0.15) is 0 Å². The van der Waals surface area contributed by atoms with Gasteiger partial charge in [-0.1, -0.05) is 62.7 Å². The molecule has 2 aromatic carbocycles. The van der Waals surface area contributed by atoms with Crippen molar-refractivity contribution in [1.29, 1.82) is 0 Å². The number of benzene rings is 2. The van der Waals surface area contributed by atoms with Crippen molar-refractivity contribution in [2.45, 2.75) is 53.4 Å². The van der Waals surface area contributed by atoms with Crippen LogP contribution in [-0.2, 0) is 0 Å². The van der Waals surface area contributed by atoms with Crippen molar-refractivity contribution in [1.82, 2.24) is 0 Å². The maximum Gasteiger partial charge on any atom is 0.00663 e. The van der Waals surface area contributed by atoms with E-state index in [9.17, 15) is 0 Å². The van der Waals surface area contributed by atoms with Crippen LogP contribution < -0.4 is 0 Å². The van der Waals surface area contributed by atoms with E-state index in [0.29, 0.717) is 11.8 Å². The Kier molecular flexibility index (Phi) is 4.32. The van der Waals surface area contributed by atoms with Gasteiger partial charge in [0.25, 0.3) is 0 Å². The summed E-state index contributed by atoms with van der Waals surface area (Å²) in [5.74, 6) is 1.05. The fourth-order valence-electron chi connectivity index (χ4n) is 2.94. The van der Waals surface area contributed by atoms with Gasteiger partial charge < -0.3 is 0 Å². The summed E-state index contributed by atoms with van der Waals surface area (Å²) in [6, 6.07) is 13.7. The minimum absolute atomic E-state index is 0.455. The molecule has 0 N–H and O–H groups in total. The number of hydrogen-bond donors (Lipinski definition) is 0. The molecule has 0 aromatic heterocycles. The van der Waals surface area contributed by atoms with Gasteiger partial charge in [-0.2, -0.15) is 0 Å². The van der Waals surface area contributed by atoms with Crippen molar-refractivity contribution in [3.63, 3.8) is 0 Å². The average Bonchev–Trinajstić information content (AvgIpc) is 2.40. The molecule has 0 radical (unpaired) electrons. The second kappa shape index (κ2) is 5.83. The molecule has 0 aliphatic heterocycles. The van der Waals surface area contributed by atoms with E-state index in [4.69, 9.17) is 0 Å². The van der Waals surface area contributed by atoms with E-state index in [1.165, 1.54) is 33.4 Å². The van der Waals surface area contributed by atoms with Gasteiger partial charge in [-0.25, -0.2) is 0 Å². The largest absolute Gasteiger partial charge is 0.0590 e. The van der Waals surface area contributed by atoms with E-state index in [-0.39, 0.29) is 0 Å². The molecule has 1 atom stereocenters. The second-order valence-electron chi connectivity index (χ2n) is 6.35. The zero-order valence-corrected chi connectivity index (χ0v) is 13.6. The van der Waals surface area contributed by atoms with Gasteiger partial charge in [0.15, 0.2) is 0 Å². The Hall–Kier alpha value is -1.56. The molecular formula is C20H26. The van der Waals surface area contributed by atoms with E-state index in [0.717, 1.165) is 0 Å². The summed E-state index contributed by atoms with van der Waals surface area (Å²) in [4.78, 5) is 0. The van der Waals surface area contributed by atoms with Crippen LogP contribution in [0.5, 0.6) is 0 Å². The van der Waals surface area contributed by atoms with E-state index in [1.54, 1.807) is 0 Å². The smallest absolute Gasteiger partial charge is 0.00663 e. The second-order valence-corrected chi connectivity index (χ2v) is 6.35. The number of rotatable bonds is 3. The molecule has 0 heterocycles. The summed E-state index contributed by atoms with van der Waals surface area (Å²) in [7, 11) is 0. The van der Waals surface area contributed by atoms with Crippen molar-refractivity contribution in [2.75, 3.05) is 0 Å². The normalized spacial score (nSPS) is 12.8. The average molecular weight is 266 g/mol. The third-order valence-electron chi connectivity index (χ3n) is 4.33. The third kappa shape index (κ3) is 2.95. The Morgan fingerprint density at radius 3 is 2.00 bits per heavy atom. The molecule has 0 saturated carbocycles. The van der Waals surface area contributed by atoms with Crippen LogP contribution in [-0.4, -0.2) is 0 Å². The third-order valence-corrected chi connectivity index (χ3v) is 4.33. The minimum Gasteiger partial charge on any atom is -0.0590 e. The van der Waals surface area contributed by atoms with Crippen LogP contribution in [0.1, 0.15) is 66.0 Å². The molecule has 0 amide bonds. The highest BCUT2D eigenvalue weighted by Crippen LogP contribution is 2.31. The van der Waals surface area contributed by atoms with Crippen LogP contribution in [0.25, 0.3) is 0 Å². The van der Waals surface area contributed by atoms with Gasteiger partial charge >= 0.3 is 0 Å². The Labute approximate surface area is 123 Å².